The summed E-state index contributed by atoms with van der Waals surface area (Å²) in [5, 5.41) is 6.62. The van der Waals surface area contributed by atoms with Gasteiger partial charge in [0.15, 0.2) is 5.96 Å². The number of rotatable bonds is 7. The summed E-state index contributed by atoms with van der Waals surface area (Å²) >= 11 is 0. The van der Waals surface area contributed by atoms with E-state index in [1.165, 1.54) is 0 Å². The van der Waals surface area contributed by atoms with Gasteiger partial charge in [-0.15, -0.1) is 0 Å². The maximum Gasteiger partial charge on any atom is 0.253 e. The average molecular weight is 393 g/mol. The van der Waals surface area contributed by atoms with Crippen molar-refractivity contribution in [2.75, 3.05) is 27.2 Å². The van der Waals surface area contributed by atoms with Gasteiger partial charge in [-0.25, -0.2) is 9.98 Å². The fourth-order valence-electron chi connectivity index (χ4n) is 2.94. The van der Waals surface area contributed by atoms with Crippen LogP contribution in [0, 0.1) is 0 Å². The zero-order valence-electron chi connectivity index (χ0n) is 17.2. The minimum atomic E-state index is 0.00185. The number of pyridine rings is 1. The van der Waals surface area contributed by atoms with Crippen LogP contribution < -0.4 is 10.6 Å². The lowest BCUT2D eigenvalue weighted by Gasteiger charge is -2.11. The summed E-state index contributed by atoms with van der Waals surface area (Å²) in [4.78, 5) is 22.8. The fraction of sp³-hybridized carbons (Fsp3) is 0.318. The SMILES string of the molecule is CCNC(=NCc1ccc(C(=O)N(C)C)cc1)NCCc1cn2ccccc2n1. The topological polar surface area (TPSA) is 74.0 Å². The smallest absolute Gasteiger partial charge is 0.253 e. The highest BCUT2D eigenvalue weighted by molar-refractivity contribution is 5.93. The summed E-state index contributed by atoms with van der Waals surface area (Å²) in [6, 6.07) is 13.6. The van der Waals surface area contributed by atoms with E-state index in [9.17, 15) is 4.79 Å². The van der Waals surface area contributed by atoms with Crippen molar-refractivity contribution in [1.82, 2.24) is 24.9 Å². The standard InChI is InChI=1S/C22H28N6O/c1-4-23-22(24-13-12-19-16-28-14-6-5-7-20(28)26-19)25-15-17-8-10-18(11-9-17)21(29)27(2)3/h5-11,14,16H,4,12-13,15H2,1-3H3,(H2,23,24,25). The summed E-state index contributed by atoms with van der Waals surface area (Å²) < 4.78 is 2.03. The van der Waals surface area contributed by atoms with Gasteiger partial charge in [-0.1, -0.05) is 18.2 Å². The molecule has 29 heavy (non-hydrogen) atoms. The monoisotopic (exact) mass is 392 g/mol. The molecule has 0 aliphatic heterocycles. The van der Waals surface area contributed by atoms with Crippen LogP contribution in [0.3, 0.4) is 0 Å². The summed E-state index contributed by atoms with van der Waals surface area (Å²) in [5.74, 6) is 0.770. The van der Waals surface area contributed by atoms with Crippen molar-refractivity contribution >= 4 is 17.5 Å². The Bertz CT molecular complexity index is 941. The second-order valence-corrected chi connectivity index (χ2v) is 6.97. The number of imidazole rings is 1. The third-order valence-corrected chi connectivity index (χ3v) is 4.46. The van der Waals surface area contributed by atoms with Crippen molar-refractivity contribution in [3.63, 3.8) is 0 Å². The molecule has 0 fully saturated rings. The van der Waals surface area contributed by atoms with E-state index in [1.807, 2.05) is 60.0 Å². The number of aromatic nitrogens is 2. The van der Waals surface area contributed by atoms with Crippen LogP contribution in [0.25, 0.3) is 5.65 Å². The van der Waals surface area contributed by atoms with Gasteiger partial charge in [0, 0.05) is 51.6 Å². The summed E-state index contributed by atoms with van der Waals surface area (Å²) in [5.41, 5.74) is 3.73. The van der Waals surface area contributed by atoms with Crippen molar-refractivity contribution in [2.24, 2.45) is 4.99 Å². The zero-order valence-corrected chi connectivity index (χ0v) is 17.2. The normalized spacial score (nSPS) is 11.5. The minimum Gasteiger partial charge on any atom is -0.357 e. The molecule has 0 spiro atoms. The Morgan fingerprint density at radius 3 is 2.62 bits per heavy atom. The Labute approximate surface area is 171 Å². The van der Waals surface area contributed by atoms with Crippen LogP contribution in [0.4, 0.5) is 0 Å². The van der Waals surface area contributed by atoms with E-state index in [2.05, 4.69) is 26.8 Å². The molecular formula is C22H28N6O. The maximum atomic E-state index is 12.0. The Morgan fingerprint density at radius 1 is 1.14 bits per heavy atom. The van der Waals surface area contributed by atoms with E-state index in [0.29, 0.717) is 12.1 Å². The van der Waals surface area contributed by atoms with Gasteiger partial charge >= 0.3 is 0 Å². The molecule has 0 saturated heterocycles. The van der Waals surface area contributed by atoms with E-state index in [0.717, 1.165) is 42.4 Å². The number of guanidine groups is 1. The average Bonchev–Trinajstić information content (AvgIpc) is 3.14. The van der Waals surface area contributed by atoms with Gasteiger partial charge in [-0.3, -0.25) is 4.79 Å². The van der Waals surface area contributed by atoms with Crippen LogP contribution >= 0.6 is 0 Å². The Balaban J connectivity index is 1.55. The lowest BCUT2D eigenvalue weighted by atomic mass is 10.1. The molecule has 2 N–H and O–H groups in total. The van der Waals surface area contributed by atoms with Gasteiger partial charge in [0.05, 0.1) is 12.2 Å². The van der Waals surface area contributed by atoms with Gasteiger partial charge in [-0.05, 0) is 36.8 Å². The van der Waals surface area contributed by atoms with E-state index in [-0.39, 0.29) is 5.91 Å². The first-order valence-corrected chi connectivity index (χ1v) is 9.82. The van der Waals surface area contributed by atoms with Gasteiger partial charge in [0.25, 0.3) is 5.91 Å². The second kappa shape index (κ2) is 9.73. The van der Waals surface area contributed by atoms with Crippen molar-refractivity contribution in [3.8, 4) is 0 Å². The number of hydrogen-bond acceptors (Lipinski definition) is 3. The molecule has 0 saturated carbocycles. The first-order chi connectivity index (χ1) is 14.1. The molecule has 0 radical (unpaired) electrons. The highest BCUT2D eigenvalue weighted by Gasteiger charge is 2.07. The number of hydrogen-bond donors (Lipinski definition) is 2. The number of amides is 1. The number of fused-ring (bicyclic) bond motifs is 1. The fourth-order valence-corrected chi connectivity index (χ4v) is 2.94. The highest BCUT2D eigenvalue weighted by Crippen LogP contribution is 2.08. The van der Waals surface area contributed by atoms with E-state index < -0.39 is 0 Å². The van der Waals surface area contributed by atoms with Crippen molar-refractivity contribution in [2.45, 2.75) is 19.9 Å². The van der Waals surface area contributed by atoms with Gasteiger partial charge < -0.3 is 19.9 Å². The van der Waals surface area contributed by atoms with Crippen LogP contribution in [0.2, 0.25) is 0 Å². The van der Waals surface area contributed by atoms with Gasteiger partial charge in [0.1, 0.15) is 5.65 Å². The summed E-state index contributed by atoms with van der Waals surface area (Å²) in [6.07, 6.45) is 4.87. The molecule has 3 rings (SSSR count). The van der Waals surface area contributed by atoms with Gasteiger partial charge in [-0.2, -0.15) is 0 Å². The third-order valence-electron chi connectivity index (χ3n) is 4.46. The summed E-state index contributed by atoms with van der Waals surface area (Å²) in [7, 11) is 3.50. The molecule has 1 amide bonds. The minimum absolute atomic E-state index is 0.00185. The summed E-state index contributed by atoms with van der Waals surface area (Å²) in [6.45, 7) is 4.11. The van der Waals surface area contributed by atoms with Crippen LogP contribution in [0.15, 0.2) is 59.9 Å². The van der Waals surface area contributed by atoms with Gasteiger partial charge in [0.2, 0.25) is 0 Å². The molecule has 0 unspecified atom stereocenters. The third kappa shape index (κ3) is 5.57. The number of carbonyl (C=O) groups excluding carboxylic acids is 1. The number of aliphatic imine (C=N–C) groups is 1. The number of benzene rings is 1. The second-order valence-electron chi connectivity index (χ2n) is 6.97. The van der Waals surface area contributed by atoms with Crippen LogP contribution in [0.5, 0.6) is 0 Å². The Morgan fingerprint density at radius 2 is 1.93 bits per heavy atom. The van der Waals surface area contributed by atoms with E-state index in [1.54, 1.807) is 19.0 Å². The van der Waals surface area contributed by atoms with E-state index >= 15 is 0 Å². The lowest BCUT2D eigenvalue weighted by molar-refractivity contribution is 0.0827. The molecule has 2 aromatic heterocycles. The predicted octanol–water partition coefficient (Wildman–Crippen LogP) is 2.33. The molecule has 152 valence electrons. The molecule has 7 nitrogen and oxygen atoms in total. The number of carbonyl (C=O) groups is 1. The molecule has 2 heterocycles. The van der Waals surface area contributed by atoms with Crippen molar-refractivity contribution in [1.29, 1.82) is 0 Å². The quantitative estimate of drug-likeness (QED) is 0.478. The number of nitrogens with one attached hydrogen (secondary N) is 2. The molecule has 1 aromatic carbocycles. The lowest BCUT2D eigenvalue weighted by Crippen LogP contribution is -2.38. The molecule has 0 bridgehead atoms. The van der Waals surface area contributed by atoms with Crippen LogP contribution in [0.1, 0.15) is 28.5 Å². The predicted molar refractivity (Wildman–Crippen MR) is 116 cm³/mol. The van der Waals surface area contributed by atoms with Crippen LogP contribution in [-0.2, 0) is 13.0 Å². The first kappa shape index (κ1) is 20.4. The van der Waals surface area contributed by atoms with Crippen LogP contribution in [-0.4, -0.2) is 53.3 Å². The molecule has 3 aromatic rings. The largest absolute Gasteiger partial charge is 0.357 e. The molecule has 0 aliphatic rings. The van der Waals surface area contributed by atoms with E-state index in [4.69, 9.17) is 0 Å². The molecule has 0 atom stereocenters. The van der Waals surface area contributed by atoms with Crippen molar-refractivity contribution in [3.05, 3.63) is 71.7 Å². The Hall–Kier alpha value is -3.35. The maximum absolute atomic E-state index is 12.0. The first-order valence-electron chi connectivity index (χ1n) is 9.82. The molecular weight excluding hydrogens is 364 g/mol. The number of nitrogens with zero attached hydrogens (tertiary/aromatic N) is 4. The molecule has 0 aliphatic carbocycles. The highest BCUT2D eigenvalue weighted by atomic mass is 16.2. The Kier molecular flexibility index (Phi) is 6.84. The zero-order chi connectivity index (χ0) is 20.6. The van der Waals surface area contributed by atoms with Crippen molar-refractivity contribution < 1.29 is 4.79 Å². The molecule has 7 heteroatoms.